The summed E-state index contributed by atoms with van der Waals surface area (Å²) in [4.78, 5) is 60.9. The Morgan fingerprint density at radius 2 is 1.91 bits per heavy atom. The lowest BCUT2D eigenvalue weighted by molar-refractivity contribution is -0.123. The Kier molecular flexibility index (Phi) is 9.10. The van der Waals surface area contributed by atoms with Crippen molar-refractivity contribution in [3.05, 3.63) is 58.7 Å². The van der Waals surface area contributed by atoms with E-state index in [4.69, 9.17) is 4.74 Å². The molecule has 4 aromatic rings. The third-order valence-electron chi connectivity index (χ3n) is 7.85. The predicted octanol–water partition coefficient (Wildman–Crippen LogP) is 4.52. The number of aromatic nitrogens is 2. The van der Waals surface area contributed by atoms with Crippen LogP contribution in [0.15, 0.2) is 42.5 Å². The van der Waals surface area contributed by atoms with Gasteiger partial charge >= 0.3 is 0 Å². The summed E-state index contributed by atoms with van der Waals surface area (Å²) in [6.07, 6.45) is 1.79. The number of para-hydroxylation sites is 1. The summed E-state index contributed by atoms with van der Waals surface area (Å²) in [5, 5.41) is 9.69. The molecule has 5 rings (SSSR count). The third kappa shape index (κ3) is 6.72. The smallest absolute Gasteiger partial charge is 0.268 e. The predicted molar refractivity (Wildman–Crippen MR) is 167 cm³/mol. The first-order valence-electron chi connectivity index (χ1n) is 14.6. The molecule has 0 saturated carbocycles. The molecule has 3 amide bonds. The molecule has 226 valence electrons. The highest BCUT2D eigenvalue weighted by molar-refractivity contribution is 7.20. The number of benzene rings is 2. The second kappa shape index (κ2) is 12.9. The Labute approximate surface area is 254 Å². The van der Waals surface area contributed by atoms with Gasteiger partial charge in [0.05, 0.1) is 23.4 Å². The second-order valence-corrected chi connectivity index (χ2v) is 12.5. The number of carbonyl (C=O) groups is 4. The molecule has 1 saturated heterocycles. The first kappa shape index (κ1) is 30.2. The monoisotopic (exact) mass is 603 g/mol. The van der Waals surface area contributed by atoms with Crippen molar-refractivity contribution >= 4 is 56.0 Å². The lowest BCUT2D eigenvalue weighted by Crippen LogP contribution is -2.52. The molecule has 0 unspecified atom stereocenters. The van der Waals surface area contributed by atoms with E-state index in [1.54, 1.807) is 13.2 Å². The average molecular weight is 604 g/mol. The van der Waals surface area contributed by atoms with Crippen LogP contribution in [0.1, 0.15) is 65.4 Å². The van der Waals surface area contributed by atoms with Crippen LogP contribution in [-0.2, 0) is 9.59 Å². The van der Waals surface area contributed by atoms with Crippen LogP contribution in [-0.4, -0.2) is 59.2 Å². The number of methoxy groups -OCH3 is 1. The van der Waals surface area contributed by atoms with Gasteiger partial charge in [-0.1, -0.05) is 32.0 Å². The Balaban J connectivity index is 1.37. The molecule has 3 atom stereocenters. The number of thiazole rings is 1. The van der Waals surface area contributed by atoms with Crippen molar-refractivity contribution in [3.8, 4) is 5.75 Å². The van der Waals surface area contributed by atoms with Crippen LogP contribution in [0.4, 0.5) is 0 Å². The summed E-state index contributed by atoms with van der Waals surface area (Å²) in [6.45, 7) is 6.47. The minimum Gasteiger partial charge on any atom is -0.496 e. The zero-order valence-electron chi connectivity index (χ0n) is 24.8. The number of aryl methyl sites for hydroxylation is 1. The van der Waals surface area contributed by atoms with E-state index >= 15 is 0 Å². The first-order chi connectivity index (χ1) is 20.6. The van der Waals surface area contributed by atoms with Crippen molar-refractivity contribution in [1.29, 1.82) is 0 Å². The largest absolute Gasteiger partial charge is 0.496 e. The molecular weight excluding hydrogens is 566 g/mol. The van der Waals surface area contributed by atoms with Crippen molar-refractivity contribution < 1.29 is 23.9 Å². The summed E-state index contributed by atoms with van der Waals surface area (Å²) in [5.41, 5.74) is 2.76. The second-order valence-electron chi connectivity index (χ2n) is 11.5. The molecule has 3 heterocycles. The molecule has 10 nitrogen and oxygen atoms in total. The number of amides is 3. The Morgan fingerprint density at radius 1 is 1.12 bits per heavy atom. The molecule has 2 aromatic carbocycles. The van der Waals surface area contributed by atoms with E-state index in [1.807, 2.05) is 57.2 Å². The number of nitrogens with zero attached hydrogens (tertiary/aromatic N) is 1. The number of hydrogen-bond acceptors (Lipinski definition) is 7. The molecule has 1 fully saturated rings. The van der Waals surface area contributed by atoms with Crippen LogP contribution in [0.25, 0.3) is 21.1 Å². The molecular formula is C32H37N5O5S. The van der Waals surface area contributed by atoms with E-state index in [2.05, 4.69) is 25.9 Å². The highest BCUT2D eigenvalue weighted by atomic mass is 32.1. The van der Waals surface area contributed by atoms with Gasteiger partial charge in [0.25, 0.3) is 5.91 Å². The quantitative estimate of drug-likeness (QED) is 0.175. The van der Waals surface area contributed by atoms with E-state index < -0.39 is 23.9 Å². The van der Waals surface area contributed by atoms with Crippen LogP contribution < -0.4 is 20.7 Å². The fourth-order valence-electron chi connectivity index (χ4n) is 5.54. The minimum atomic E-state index is -0.898. The fraction of sp³-hybridized carbons (Fsp3) is 0.406. The van der Waals surface area contributed by atoms with Crippen LogP contribution in [0.5, 0.6) is 5.75 Å². The molecule has 2 aromatic heterocycles. The van der Waals surface area contributed by atoms with Gasteiger partial charge in [-0.3, -0.25) is 19.2 Å². The van der Waals surface area contributed by atoms with Gasteiger partial charge in [-0.15, -0.1) is 11.3 Å². The SMILES string of the molecule is COc1cccc2[nH]c(C(=O)N[C@@H](CC(C)C)C(=O)N[C@@H](CC[C@@H]3CCNC3=O)C(=O)c3nc4c(C)cccc4s3)cc12. The van der Waals surface area contributed by atoms with Crippen molar-refractivity contribution in [2.75, 3.05) is 13.7 Å². The summed E-state index contributed by atoms with van der Waals surface area (Å²) in [7, 11) is 1.57. The van der Waals surface area contributed by atoms with E-state index in [9.17, 15) is 19.2 Å². The van der Waals surface area contributed by atoms with Gasteiger partial charge in [-0.25, -0.2) is 4.98 Å². The molecule has 43 heavy (non-hydrogen) atoms. The van der Waals surface area contributed by atoms with Crippen molar-refractivity contribution in [3.63, 3.8) is 0 Å². The van der Waals surface area contributed by atoms with Crippen LogP contribution in [0.3, 0.4) is 0 Å². The van der Waals surface area contributed by atoms with E-state index in [1.165, 1.54) is 11.3 Å². The Bertz CT molecular complexity index is 1680. The number of rotatable bonds is 12. The van der Waals surface area contributed by atoms with Gasteiger partial charge in [0.2, 0.25) is 17.6 Å². The van der Waals surface area contributed by atoms with Crippen LogP contribution in [0, 0.1) is 18.8 Å². The maximum absolute atomic E-state index is 13.8. The lowest BCUT2D eigenvalue weighted by Gasteiger charge is -2.24. The molecule has 11 heteroatoms. The number of ether oxygens (including phenoxy) is 1. The number of fused-ring (bicyclic) bond motifs is 2. The van der Waals surface area contributed by atoms with E-state index in [0.29, 0.717) is 42.3 Å². The minimum absolute atomic E-state index is 0.0342. The average Bonchev–Trinajstić information content (AvgIpc) is 3.72. The number of aromatic amines is 1. The topological polar surface area (TPSA) is 142 Å². The van der Waals surface area contributed by atoms with Crippen molar-refractivity contribution in [1.82, 2.24) is 25.9 Å². The zero-order chi connectivity index (χ0) is 30.7. The molecule has 0 radical (unpaired) electrons. The highest BCUT2D eigenvalue weighted by Crippen LogP contribution is 2.28. The lowest BCUT2D eigenvalue weighted by atomic mass is 9.96. The van der Waals surface area contributed by atoms with Gasteiger partial charge in [0.1, 0.15) is 17.5 Å². The van der Waals surface area contributed by atoms with Crippen LogP contribution in [0.2, 0.25) is 0 Å². The Morgan fingerprint density at radius 3 is 2.60 bits per heavy atom. The molecule has 0 aliphatic carbocycles. The van der Waals surface area contributed by atoms with E-state index in [0.717, 1.165) is 26.7 Å². The van der Waals surface area contributed by atoms with Crippen molar-refractivity contribution in [2.24, 2.45) is 11.8 Å². The first-order valence-corrected chi connectivity index (χ1v) is 15.4. The number of H-pyrrole nitrogens is 1. The normalized spacial score (nSPS) is 16.3. The molecule has 0 bridgehead atoms. The van der Waals surface area contributed by atoms with Gasteiger partial charge in [0.15, 0.2) is 5.01 Å². The summed E-state index contributed by atoms with van der Waals surface area (Å²) in [5.74, 6) is -0.727. The number of Topliss-reactive ketones (excluding diaryl/α,β-unsaturated/α-hetero) is 1. The third-order valence-corrected chi connectivity index (χ3v) is 8.88. The number of ketones is 1. The zero-order valence-corrected chi connectivity index (χ0v) is 25.6. The van der Waals surface area contributed by atoms with Gasteiger partial charge in [-0.2, -0.15) is 0 Å². The maximum atomic E-state index is 13.8. The molecule has 4 N–H and O–H groups in total. The Hall–Kier alpha value is -4.25. The summed E-state index contributed by atoms with van der Waals surface area (Å²) < 4.78 is 6.30. The fourth-order valence-corrected chi connectivity index (χ4v) is 6.57. The number of hydrogen-bond donors (Lipinski definition) is 4. The summed E-state index contributed by atoms with van der Waals surface area (Å²) >= 11 is 1.29. The standard InChI is InChI=1S/C32H37N5O5S/c1-17(2)15-23(36-31(41)24-16-20-21(34-24)8-6-9-25(20)42-4)30(40)35-22(12-11-19-13-14-33-29(19)39)28(38)32-37-27-18(3)7-5-10-26(27)43-32/h5-10,16-17,19,22-23,34H,11-15H2,1-4H3,(H,33,39)(H,35,40)(H,36,41)/t19-,22+,23+/m1/s1. The highest BCUT2D eigenvalue weighted by Gasteiger charge is 2.32. The number of carbonyl (C=O) groups excluding carboxylic acids is 4. The summed E-state index contributed by atoms with van der Waals surface area (Å²) in [6, 6.07) is 11.2. The molecule has 1 aliphatic heterocycles. The van der Waals surface area contributed by atoms with E-state index in [-0.39, 0.29) is 29.9 Å². The van der Waals surface area contributed by atoms with Gasteiger partial charge < -0.3 is 25.7 Å². The molecule has 0 spiro atoms. The maximum Gasteiger partial charge on any atom is 0.268 e. The van der Waals surface area contributed by atoms with Crippen LogP contribution >= 0.6 is 11.3 Å². The van der Waals surface area contributed by atoms with Crippen molar-refractivity contribution in [2.45, 2.75) is 58.5 Å². The molecule has 1 aliphatic rings. The van der Waals surface area contributed by atoms with Gasteiger partial charge in [0, 0.05) is 23.4 Å². The number of nitrogens with one attached hydrogen (secondary N) is 4. The van der Waals surface area contributed by atoms with Gasteiger partial charge in [-0.05, 0) is 68.4 Å².